The maximum absolute atomic E-state index is 12.3. The van der Waals surface area contributed by atoms with Gasteiger partial charge in [-0.3, -0.25) is 19.3 Å². The van der Waals surface area contributed by atoms with E-state index < -0.39 is 0 Å². The minimum Gasteiger partial charge on any atom is -0.497 e. The number of rotatable bonds is 4. The Labute approximate surface area is 134 Å². The molecule has 1 aromatic carbocycles. The summed E-state index contributed by atoms with van der Waals surface area (Å²) in [7, 11) is 1.57. The van der Waals surface area contributed by atoms with Gasteiger partial charge in [0.15, 0.2) is 0 Å². The molecule has 0 aromatic heterocycles. The summed E-state index contributed by atoms with van der Waals surface area (Å²) in [6.45, 7) is -0.212. The number of carbonyl (C=O) groups is 3. The van der Waals surface area contributed by atoms with E-state index in [1.165, 1.54) is 0 Å². The molecule has 2 aliphatic rings. The predicted octanol–water partition coefficient (Wildman–Crippen LogP) is 1.81. The molecule has 2 fully saturated rings. The second-order valence-electron chi connectivity index (χ2n) is 6.04. The number of likely N-dealkylation sites (tertiary alicyclic amines) is 1. The minimum absolute atomic E-state index is 0.190. The maximum Gasteiger partial charge on any atom is 0.244 e. The van der Waals surface area contributed by atoms with Crippen LogP contribution in [0.3, 0.4) is 0 Å². The standard InChI is InChI=1S/C17H20N2O4/c1-23-12-8-6-11(7-9-12)18-15(20)10-19-16(21)13-4-2-3-5-14(13)17(19)22/h6-9,13-14H,2-5,10H2,1H3,(H,18,20). The molecule has 3 amide bonds. The van der Waals surface area contributed by atoms with Gasteiger partial charge in [0.1, 0.15) is 12.3 Å². The predicted molar refractivity (Wildman–Crippen MR) is 83.8 cm³/mol. The van der Waals surface area contributed by atoms with Gasteiger partial charge in [-0.15, -0.1) is 0 Å². The van der Waals surface area contributed by atoms with E-state index in [4.69, 9.17) is 4.74 Å². The first-order valence-electron chi connectivity index (χ1n) is 7.89. The van der Waals surface area contributed by atoms with Crippen molar-refractivity contribution in [3.8, 4) is 5.75 Å². The molecule has 0 spiro atoms. The Morgan fingerprint density at radius 1 is 1.13 bits per heavy atom. The van der Waals surface area contributed by atoms with Crippen LogP contribution in [0.5, 0.6) is 5.75 Å². The zero-order valence-corrected chi connectivity index (χ0v) is 13.1. The molecule has 3 rings (SSSR count). The van der Waals surface area contributed by atoms with E-state index in [1.807, 2.05) is 0 Å². The van der Waals surface area contributed by atoms with Gasteiger partial charge in [-0.2, -0.15) is 0 Å². The van der Waals surface area contributed by atoms with Crippen LogP contribution in [0.4, 0.5) is 5.69 Å². The third-order valence-electron chi connectivity index (χ3n) is 4.61. The lowest BCUT2D eigenvalue weighted by Crippen LogP contribution is -2.38. The molecule has 0 radical (unpaired) electrons. The van der Waals surface area contributed by atoms with Crippen LogP contribution in [-0.2, 0) is 14.4 Å². The van der Waals surface area contributed by atoms with Gasteiger partial charge in [0.25, 0.3) is 0 Å². The van der Waals surface area contributed by atoms with E-state index in [2.05, 4.69) is 5.32 Å². The lowest BCUT2D eigenvalue weighted by atomic mass is 9.81. The van der Waals surface area contributed by atoms with Crippen LogP contribution in [-0.4, -0.2) is 36.3 Å². The van der Waals surface area contributed by atoms with Gasteiger partial charge in [0.2, 0.25) is 17.7 Å². The van der Waals surface area contributed by atoms with Crippen LogP contribution in [0.2, 0.25) is 0 Å². The van der Waals surface area contributed by atoms with Crippen molar-refractivity contribution in [3.05, 3.63) is 24.3 Å². The minimum atomic E-state index is -0.365. The number of hydrogen-bond donors (Lipinski definition) is 1. The number of amides is 3. The number of ether oxygens (including phenoxy) is 1. The van der Waals surface area contributed by atoms with E-state index in [1.54, 1.807) is 31.4 Å². The number of nitrogens with zero attached hydrogens (tertiary/aromatic N) is 1. The molecule has 1 aliphatic carbocycles. The van der Waals surface area contributed by atoms with Gasteiger partial charge in [-0.1, -0.05) is 12.8 Å². The molecule has 23 heavy (non-hydrogen) atoms. The molecule has 1 N–H and O–H groups in total. The smallest absolute Gasteiger partial charge is 0.244 e. The summed E-state index contributed by atoms with van der Waals surface area (Å²) in [5, 5.41) is 2.70. The average molecular weight is 316 g/mol. The number of anilines is 1. The lowest BCUT2D eigenvalue weighted by Gasteiger charge is -2.19. The van der Waals surface area contributed by atoms with Gasteiger partial charge in [-0.25, -0.2) is 0 Å². The van der Waals surface area contributed by atoms with Crippen molar-refractivity contribution in [1.29, 1.82) is 0 Å². The SMILES string of the molecule is COc1ccc(NC(=O)CN2C(=O)C3CCCCC3C2=O)cc1. The quantitative estimate of drug-likeness (QED) is 0.860. The van der Waals surface area contributed by atoms with E-state index in [9.17, 15) is 14.4 Å². The summed E-state index contributed by atoms with van der Waals surface area (Å²) in [4.78, 5) is 37.9. The maximum atomic E-state index is 12.3. The summed E-state index contributed by atoms with van der Waals surface area (Å²) in [6.07, 6.45) is 3.47. The molecule has 6 heteroatoms. The molecular weight excluding hydrogens is 296 g/mol. The van der Waals surface area contributed by atoms with Gasteiger partial charge in [0.05, 0.1) is 18.9 Å². The zero-order chi connectivity index (χ0) is 16.4. The number of methoxy groups -OCH3 is 1. The molecule has 6 nitrogen and oxygen atoms in total. The third-order valence-corrected chi connectivity index (χ3v) is 4.61. The number of fused-ring (bicyclic) bond motifs is 1. The summed E-state index contributed by atoms with van der Waals surface area (Å²) in [5.41, 5.74) is 0.604. The molecule has 1 heterocycles. The lowest BCUT2D eigenvalue weighted by molar-refractivity contribution is -0.142. The van der Waals surface area contributed by atoms with Crippen molar-refractivity contribution in [2.75, 3.05) is 19.0 Å². The number of imide groups is 1. The molecule has 2 unspecified atom stereocenters. The van der Waals surface area contributed by atoms with E-state index >= 15 is 0 Å². The fraction of sp³-hybridized carbons (Fsp3) is 0.471. The molecule has 122 valence electrons. The van der Waals surface area contributed by atoms with Gasteiger partial charge >= 0.3 is 0 Å². The summed E-state index contributed by atoms with van der Waals surface area (Å²) >= 11 is 0. The Kier molecular flexibility index (Phi) is 4.32. The van der Waals surface area contributed by atoms with Crippen molar-refractivity contribution in [2.24, 2.45) is 11.8 Å². The van der Waals surface area contributed by atoms with Crippen molar-refractivity contribution in [2.45, 2.75) is 25.7 Å². The Hall–Kier alpha value is -2.37. The monoisotopic (exact) mass is 316 g/mol. The molecule has 1 saturated heterocycles. The second kappa shape index (κ2) is 6.40. The molecule has 2 atom stereocenters. The highest BCUT2D eigenvalue weighted by Crippen LogP contribution is 2.37. The van der Waals surface area contributed by atoms with Crippen LogP contribution in [0.1, 0.15) is 25.7 Å². The second-order valence-corrected chi connectivity index (χ2v) is 6.04. The Morgan fingerprint density at radius 3 is 2.22 bits per heavy atom. The van der Waals surface area contributed by atoms with Crippen LogP contribution in [0.15, 0.2) is 24.3 Å². The average Bonchev–Trinajstić information content (AvgIpc) is 2.81. The number of nitrogens with one attached hydrogen (secondary N) is 1. The molecule has 1 aliphatic heterocycles. The van der Waals surface area contributed by atoms with Crippen molar-refractivity contribution in [3.63, 3.8) is 0 Å². The summed E-state index contributed by atoms with van der Waals surface area (Å²) in [6, 6.07) is 6.89. The summed E-state index contributed by atoms with van der Waals surface area (Å²) in [5.74, 6) is -0.489. The zero-order valence-electron chi connectivity index (χ0n) is 13.1. The van der Waals surface area contributed by atoms with Crippen LogP contribution >= 0.6 is 0 Å². The topological polar surface area (TPSA) is 75.7 Å². The molecule has 0 bridgehead atoms. The number of hydrogen-bond acceptors (Lipinski definition) is 4. The number of carbonyl (C=O) groups excluding carboxylic acids is 3. The van der Waals surface area contributed by atoms with Crippen molar-refractivity contribution < 1.29 is 19.1 Å². The highest BCUT2D eigenvalue weighted by Gasteiger charge is 2.48. The Bertz CT molecular complexity index is 602. The molecular formula is C17H20N2O4. The first-order valence-corrected chi connectivity index (χ1v) is 7.89. The Morgan fingerprint density at radius 2 is 1.70 bits per heavy atom. The van der Waals surface area contributed by atoms with Crippen LogP contribution < -0.4 is 10.1 Å². The molecule has 1 saturated carbocycles. The van der Waals surface area contributed by atoms with E-state index in [0.29, 0.717) is 11.4 Å². The highest BCUT2D eigenvalue weighted by molar-refractivity contribution is 6.08. The third kappa shape index (κ3) is 3.06. The van der Waals surface area contributed by atoms with Gasteiger partial charge < -0.3 is 10.1 Å². The van der Waals surface area contributed by atoms with Crippen molar-refractivity contribution in [1.82, 2.24) is 4.90 Å². The Balaban J connectivity index is 1.63. The van der Waals surface area contributed by atoms with E-state index in [-0.39, 0.29) is 36.1 Å². The first kappa shape index (κ1) is 15.5. The first-order chi connectivity index (χ1) is 11.1. The van der Waals surface area contributed by atoms with Gasteiger partial charge in [0, 0.05) is 5.69 Å². The fourth-order valence-corrected chi connectivity index (χ4v) is 3.41. The van der Waals surface area contributed by atoms with E-state index in [0.717, 1.165) is 30.6 Å². The number of benzene rings is 1. The molecule has 1 aromatic rings. The van der Waals surface area contributed by atoms with Gasteiger partial charge in [-0.05, 0) is 37.1 Å². The largest absolute Gasteiger partial charge is 0.497 e. The summed E-state index contributed by atoms with van der Waals surface area (Å²) < 4.78 is 5.05. The van der Waals surface area contributed by atoms with Crippen LogP contribution in [0.25, 0.3) is 0 Å². The van der Waals surface area contributed by atoms with Crippen LogP contribution in [0, 0.1) is 11.8 Å². The fourth-order valence-electron chi connectivity index (χ4n) is 3.41. The normalized spacial score (nSPS) is 23.6. The van der Waals surface area contributed by atoms with Crippen molar-refractivity contribution >= 4 is 23.4 Å². The highest BCUT2D eigenvalue weighted by atomic mass is 16.5.